The van der Waals surface area contributed by atoms with Crippen LogP contribution < -0.4 is 5.73 Å². The second kappa shape index (κ2) is 6.30. The second-order valence-electron chi connectivity index (χ2n) is 7.62. The molecule has 1 fully saturated rings. The first kappa shape index (κ1) is 15.6. The van der Waals surface area contributed by atoms with E-state index in [-0.39, 0.29) is 0 Å². The molecule has 3 heteroatoms. The lowest BCUT2D eigenvalue weighted by Crippen LogP contribution is -2.35. The van der Waals surface area contributed by atoms with Gasteiger partial charge in [0.2, 0.25) is 0 Å². The summed E-state index contributed by atoms with van der Waals surface area (Å²) < 4.78 is 2.14. The fourth-order valence-corrected chi connectivity index (χ4v) is 3.73. The summed E-state index contributed by atoms with van der Waals surface area (Å²) in [6.07, 6.45) is 10.3. The van der Waals surface area contributed by atoms with Crippen LogP contribution in [-0.4, -0.2) is 16.1 Å². The largest absolute Gasteiger partial charge is 0.338 e. The predicted molar refractivity (Wildman–Crippen MR) is 84.4 cm³/mol. The van der Waals surface area contributed by atoms with Crippen molar-refractivity contribution >= 4 is 0 Å². The Labute approximate surface area is 124 Å². The van der Waals surface area contributed by atoms with E-state index in [1.807, 2.05) is 12.4 Å². The van der Waals surface area contributed by atoms with E-state index >= 15 is 0 Å². The van der Waals surface area contributed by atoms with Crippen molar-refractivity contribution in [3.8, 4) is 0 Å². The van der Waals surface area contributed by atoms with Gasteiger partial charge in [0.1, 0.15) is 5.82 Å². The fourth-order valence-electron chi connectivity index (χ4n) is 3.73. The molecule has 1 aromatic heterocycles. The van der Waals surface area contributed by atoms with Crippen LogP contribution in [0.1, 0.15) is 52.3 Å². The zero-order valence-corrected chi connectivity index (χ0v) is 13.6. The molecule has 3 nitrogen and oxygen atoms in total. The maximum Gasteiger partial charge on any atom is 0.108 e. The minimum absolute atomic E-state index is 0.432. The Hall–Kier alpha value is -0.830. The molecule has 0 radical (unpaired) electrons. The predicted octanol–water partition coefficient (Wildman–Crippen LogP) is 3.39. The summed E-state index contributed by atoms with van der Waals surface area (Å²) in [6, 6.07) is 0. The molecule has 0 aliphatic heterocycles. The van der Waals surface area contributed by atoms with Crippen molar-refractivity contribution in [1.29, 1.82) is 0 Å². The van der Waals surface area contributed by atoms with Gasteiger partial charge in [-0.05, 0) is 55.4 Å². The van der Waals surface area contributed by atoms with E-state index in [0.717, 1.165) is 24.8 Å². The van der Waals surface area contributed by atoms with Gasteiger partial charge in [-0.1, -0.05) is 20.8 Å². The molecule has 0 aromatic carbocycles. The topological polar surface area (TPSA) is 43.8 Å². The summed E-state index contributed by atoms with van der Waals surface area (Å²) >= 11 is 0. The smallest absolute Gasteiger partial charge is 0.108 e. The van der Waals surface area contributed by atoms with Crippen LogP contribution in [0.2, 0.25) is 0 Å². The Kier molecular flexibility index (Phi) is 4.90. The van der Waals surface area contributed by atoms with Crippen molar-refractivity contribution < 1.29 is 0 Å². The number of nitrogens with two attached hydrogens (primary N) is 1. The van der Waals surface area contributed by atoms with Crippen LogP contribution in [0.25, 0.3) is 0 Å². The van der Waals surface area contributed by atoms with E-state index in [4.69, 9.17) is 5.73 Å². The van der Waals surface area contributed by atoms with Crippen molar-refractivity contribution in [3.05, 3.63) is 18.2 Å². The first-order valence-corrected chi connectivity index (χ1v) is 8.08. The van der Waals surface area contributed by atoms with Gasteiger partial charge in [-0.15, -0.1) is 0 Å². The number of hydrogen-bond donors (Lipinski definition) is 1. The SMILES string of the molecule is Cn1ccnc1CCC1CC(C(C)(C)C)CCC1CN. The molecule has 114 valence electrons. The van der Waals surface area contributed by atoms with Crippen LogP contribution in [-0.2, 0) is 13.5 Å². The molecule has 1 aliphatic carbocycles. The summed E-state index contributed by atoms with van der Waals surface area (Å²) in [5, 5.41) is 0. The summed E-state index contributed by atoms with van der Waals surface area (Å²) in [7, 11) is 2.08. The molecule has 1 heterocycles. The van der Waals surface area contributed by atoms with E-state index in [9.17, 15) is 0 Å². The highest BCUT2D eigenvalue weighted by atomic mass is 15.0. The van der Waals surface area contributed by atoms with Crippen molar-refractivity contribution in [2.75, 3.05) is 6.54 Å². The van der Waals surface area contributed by atoms with Crippen molar-refractivity contribution in [3.63, 3.8) is 0 Å². The van der Waals surface area contributed by atoms with E-state index < -0.39 is 0 Å². The van der Waals surface area contributed by atoms with Crippen LogP contribution in [0, 0.1) is 23.2 Å². The van der Waals surface area contributed by atoms with Gasteiger partial charge in [0.05, 0.1) is 0 Å². The maximum atomic E-state index is 6.01. The summed E-state index contributed by atoms with van der Waals surface area (Å²) in [6.45, 7) is 8.00. The van der Waals surface area contributed by atoms with Gasteiger partial charge in [-0.3, -0.25) is 0 Å². The van der Waals surface area contributed by atoms with Gasteiger partial charge in [0.15, 0.2) is 0 Å². The van der Waals surface area contributed by atoms with Crippen molar-refractivity contribution in [1.82, 2.24) is 9.55 Å². The highest BCUT2D eigenvalue weighted by Gasteiger charge is 2.35. The fraction of sp³-hybridized carbons (Fsp3) is 0.824. The Morgan fingerprint density at radius 2 is 2.05 bits per heavy atom. The van der Waals surface area contributed by atoms with Crippen molar-refractivity contribution in [2.24, 2.45) is 36.0 Å². The number of nitrogens with zero attached hydrogens (tertiary/aromatic N) is 2. The van der Waals surface area contributed by atoms with Crippen LogP contribution >= 0.6 is 0 Å². The number of aryl methyl sites for hydroxylation is 2. The monoisotopic (exact) mass is 277 g/mol. The Bertz CT molecular complexity index is 416. The average molecular weight is 277 g/mol. The number of aromatic nitrogens is 2. The van der Waals surface area contributed by atoms with Gasteiger partial charge >= 0.3 is 0 Å². The Morgan fingerprint density at radius 3 is 2.60 bits per heavy atom. The molecule has 0 bridgehead atoms. The molecule has 3 unspecified atom stereocenters. The van der Waals surface area contributed by atoms with Gasteiger partial charge in [0, 0.05) is 25.9 Å². The summed E-state index contributed by atoms with van der Waals surface area (Å²) in [5.74, 6) is 3.54. The zero-order valence-electron chi connectivity index (χ0n) is 13.6. The molecule has 1 saturated carbocycles. The summed E-state index contributed by atoms with van der Waals surface area (Å²) in [4.78, 5) is 4.45. The molecule has 3 atom stereocenters. The molecule has 2 rings (SSSR count). The highest BCUT2D eigenvalue weighted by molar-refractivity contribution is 4.93. The minimum atomic E-state index is 0.432. The summed E-state index contributed by atoms with van der Waals surface area (Å²) in [5.41, 5.74) is 6.44. The van der Waals surface area contributed by atoms with Gasteiger partial charge in [0.25, 0.3) is 0 Å². The quantitative estimate of drug-likeness (QED) is 0.916. The average Bonchev–Trinajstić information content (AvgIpc) is 2.80. The van der Waals surface area contributed by atoms with Crippen LogP contribution in [0.4, 0.5) is 0 Å². The lowest BCUT2D eigenvalue weighted by Gasteiger charge is -2.41. The molecular formula is C17H31N3. The molecule has 1 aliphatic rings. The Morgan fingerprint density at radius 1 is 1.30 bits per heavy atom. The number of rotatable bonds is 4. The lowest BCUT2D eigenvalue weighted by atomic mass is 9.64. The van der Waals surface area contributed by atoms with Crippen LogP contribution in [0.15, 0.2) is 12.4 Å². The van der Waals surface area contributed by atoms with Gasteiger partial charge in [-0.2, -0.15) is 0 Å². The molecular weight excluding hydrogens is 246 g/mol. The zero-order chi connectivity index (χ0) is 14.8. The standard InChI is InChI=1S/C17H31N3/c1-17(2,3)15-7-5-14(12-18)13(11-15)6-8-16-19-9-10-20(16)4/h9-10,13-15H,5-8,11-12,18H2,1-4H3. The van der Waals surface area contributed by atoms with E-state index in [0.29, 0.717) is 11.3 Å². The first-order valence-electron chi connectivity index (χ1n) is 8.08. The van der Waals surface area contributed by atoms with E-state index in [2.05, 4.69) is 37.4 Å². The molecule has 2 N–H and O–H groups in total. The molecule has 0 saturated heterocycles. The van der Waals surface area contributed by atoms with Crippen LogP contribution in [0.5, 0.6) is 0 Å². The third-order valence-electron chi connectivity index (χ3n) is 5.33. The number of hydrogen-bond acceptors (Lipinski definition) is 2. The normalized spacial score (nSPS) is 27.8. The molecule has 0 spiro atoms. The minimum Gasteiger partial charge on any atom is -0.338 e. The molecule has 0 amide bonds. The van der Waals surface area contributed by atoms with Crippen LogP contribution in [0.3, 0.4) is 0 Å². The van der Waals surface area contributed by atoms with Gasteiger partial charge in [-0.25, -0.2) is 4.98 Å². The third-order valence-corrected chi connectivity index (χ3v) is 5.33. The third kappa shape index (κ3) is 3.63. The highest BCUT2D eigenvalue weighted by Crippen LogP contribution is 2.43. The Balaban J connectivity index is 1.97. The molecule has 20 heavy (non-hydrogen) atoms. The van der Waals surface area contributed by atoms with E-state index in [1.165, 1.54) is 31.5 Å². The van der Waals surface area contributed by atoms with E-state index in [1.54, 1.807) is 0 Å². The molecule has 1 aromatic rings. The lowest BCUT2D eigenvalue weighted by molar-refractivity contribution is 0.0962. The van der Waals surface area contributed by atoms with Gasteiger partial charge < -0.3 is 10.3 Å². The maximum absolute atomic E-state index is 6.01. The van der Waals surface area contributed by atoms with Crippen molar-refractivity contribution in [2.45, 2.75) is 52.9 Å². The number of imidazole rings is 1. The first-order chi connectivity index (χ1) is 9.41. The second-order valence-corrected chi connectivity index (χ2v) is 7.62.